The van der Waals surface area contributed by atoms with E-state index in [1.54, 1.807) is 18.2 Å². The van der Waals surface area contributed by atoms with Gasteiger partial charge in [0, 0.05) is 12.1 Å². The molecule has 6 nitrogen and oxygen atoms in total. The maximum atomic E-state index is 13.0. The average Bonchev–Trinajstić information content (AvgIpc) is 3.07. The van der Waals surface area contributed by atoms with Crippen molar-refractivity contribution < 1.29 is 24.2 Å². The number of aliphatic hydroxyl groups excluding tert-OH is 1. The fourth-order valence-electron chi connectivity index (χ4n) is 3.95. The van der Waals surface area contributed by atoms with E-state index in [-0.39, 0.29) is 11.3 Å². The Morgan fingerprint density at radius 3 is 2.42 bits per heavy atom. The van der Waals surface area contributed by atoms with Crippen molar-refractivity contribution in [1.82, 2.24) is 4.90 Å². The maximum absolute atomic E-state index is 13.0. The summed E-state index contributed by atoms with van der Waals surface area (Å²) < 4.78 is 11.0. The molecule has 0 aliphatic carbocycles. The zero-order valence-corrected chi connectivity index (χ0v) is 20.0. The molecule has 1 fully saturated rings. The summed E-state index contributed by atoms with van der Waals surface area (Å²) in [5, 5.41) is 11.5. The van der Waals surface area contributed by atoms with E-state index in [0.717, 1.165) is 30.6 Å². The summed E-state index contributed by atoms with van der Waals surface area (Å²) in [7, 11) is 1.47. The van der Waals surface area contributed by atoms with Crippen LogP contribution >= 0.6 is 11.6 Å². The van der Waals surface area contributed by atoms with E-state index in [1.165, 1.54) is 12.0 Å². The Kier molecular flexibility index (Phi) is 8.39. The van der Waals surface area contributed by atoms with Gasteiger partial charge in [0.25, 0.3) is 11.7 Å². The Hall–Kier alpha value is -2.99. The van der Waals surface area contributed by atoms with Gasteiger partial charge in [0.2, 0.25) is 0 Å². The number of Topliss-reactive ketones (excluding diaryl/α,β-unsaturated/α-hetero) is 1. The number of carbonyl (C=O) groups excluding carboxylic acids is 2. The largest absolute Gasteiger partial charge is 0.507 e. The molecule has 176 valence electrons. The van der Waals surface area contributed by atoms with Crippen LogP contribution in [0.5, 0.6) is 11.5 Å². The molecule has 0 aromatic heterocycles. The minimum atomic E-state index is -0.709. The Balaban J connectivity index is 2.00. The van der Waals surface area contributed by atoms with Crippen molar-refractivity contribution >= 4 is 29.1 Å². The van der Waals surface area contributed by atoms with Crippen LogP contribution in [0.25, 0.3) is 5.76 Å². The predicted octanol–water partition coefficient (Wildman–Crippen LogP) is 5.75. The van der Waals surface area contributed by atoms with Crippen LogP contribution in [-0.2, 0) is 9.59 Å². The highest BCUT2D eigenvalue weighted by atomic mass is 35.5. The number of rotatable bonds is 10. The van der Waals surface area contributed by atoms with Gasteiger partial charge in [0.1, 0.15) is 17.3 Å². The van der Waals surface area contributed by atoms with Crippen molar-refractivity contribution in [3.05, 3.63) is 64.2 Å². The number of aliphatic hydroxyl groups is 1. The molecule has 1 atom stereocenters. The highest BCUT2D eigenvalue weighted by Crippen LogP contribution is 2.40. The van der Waals surface area contributed by atoms with Crippen molar-refractivity contribution in [2.75, 3.05) is 20.3 Å². The number of ketones is 1. The third-order valence-electron chi connectivity index (χ3n) is 5.64. The van der Waals surface area contributed by atoms with Crippen LogP contribution in [0.15, 0.2) is 48.0 Å². The normalized spacial score (nSPS) is 17.5. The first kappa shape index (κ1) is 24.6. The lowest BCUT2D eigenvalue weighted by Crippen LogP contribution is -2.30. The van der Waals surface area contributed by atoms with Crippen molar-refractivity contribution in [3.8, 4) is 11.5 Å². The maximum Gasteiger partial charge on any atom is 0.295 e. The van der Waals surface area contributed by atoms with Crippen molar-refractivity contribution in [3.63, 3.8) is 0 Å². The Morgan fingerprint density at radius 1 is 1.06 bits per heavy atom. The van der Waals surface area contributed by atoms with Gasteiger partial charge in [-0.2, -0.15) is 0 Å². The lowest BCUT2D eigenvalue weighted by molar-refractivity contribution is -0.139. The van der Waals surface area contributed by atoms with Gasteiger partial charge < -0.3 is 19.5 Å². The molecule has 0 bridgehead atoms. The number of carbonyl (C=O) groups is 2. The van der Waals surface area contributed by atoms with E-state index < -0.39 is 17.7 Å². The van der Waals surface area contributed by atoms with Crippen LogP contribution in [0, 0.1) is 0 Å². The minimum absolute atomic E-state index is 0.0504. The SMILES string of the molecule is CCCCCOc1ccc(C2/C(=C(/O)c3ccc(Cl)c(OC)c3)C(=O)C(=O)N2CCC)cc1. The first-order valence-electron chi connectivity index (χ1n) is 11.3. The van der Waals surface area contributed by atoms with E-state index in [1.807, 2.05) is 31.2 Å². The highest BCUT2D eigenvalue weighted by molar-refractivity contribution is 6.46. The molecule has 7 heteroatoms. The number of methoxy groups -OCH3 is 1. The van der Waals surface area contributed by atoms with E-state index in [2.05, 4.69) is 6.92 Å². The molecule has 1 unspecified atom stereocenters. The second-order valence-corrected chi connectivity index (χ2v) is 8.37. The van der Waals surface area contributed by atoms with Gasteiger partial charge in [0.15, 0.2) is 0 Å². The smallest absolute Gasteiger partial charge is 0.295 e. The number of halogens is 1. The van der Waals surface area contributed by atoms with Crippen LogP contribution in [0.1, 0.15) is 56.7 Å². The average molecular weight is 472 g/mol. The lowest BCUT2D eigenvalue weighted by atomic mass is 9.95. The molecule has 1 amide bonds. The molecule has 2 aromatic carbocycles. The first-order valence-corrected chi connectivity index (χ1v) is 11.7. The predicted molar refractivity (Wildman–Crippen MR) is 129 cm³/mol. The molecule has 1 heterocycles. The fourth-order valence-corrected chi connectivity index (χ4v) is 4.14. The van der Waals surface area contributed by atoms with Crippen LogP contribution < -0.4 is 9.47 Å². The first-order chi connectivity index (χ1) is 15.9. The summed E-state index contributed by atoms with van der Waals surface area (Å²) in [4.78, 5) is 27.3. The van der Waals surface area contributed by atoms with E-state index in [0.29, 0.717) is 35.9 Å². The second kappa shape index (κ2) is 11.2. The molecule has 33 heavy (non-hydrogen) atoms. The second-order valence-electron chi connectivity index (χ2n) is 7.97. The summed E-state index contributed by atoms with van der Waals surface area (Å²) in [6, 6.07) is 11.4. The third kappa shape index (κ3) is 5.33. The van der Waals surface area contributed by atoms with E-state index >= 15 is 0 Å². The minimum Gasteiger partial charge on any atom is -0.507 e. The van der Waals surface area contributed by atoms with Gasteiger partial charge >= 0.3 is 0 Å². The fraction of sp³-hybridized carbons (Fsp3) is 0.385. The number of likely N-dealkylation sites (tertiary alicyclic amines) is 1. The number of amides is 1. The molecular weight excluding hydrogens is 442 g/mol. The highest BCUT2D eigenvalue weighted by Gasteiger charge is 2.45. The number of hydrogen-bond donors (Lipinski definition) is 1. The van der Waals surface area contributed by atoms with Gasteiger partial charge in [-0.15, -0.1) is 0 Å². The topological polar surface area (TPSA) is 76.1 Å². The molecule has 0 spiro atoms. The van der Waals surface area contributed by atoms with Crippen LogP contribution in [-0.4, -0.2) is 42.0 Å². The summed E-state index contributed by atoms with van der Waals surface area (Å²) in [5.41, 5.74) is 1.13. The lowest BCUT2D eigenvalue weighted by Gasteiger charge is -2.25. The Morgan fingerprint density at radius 2 is 1.79 bits per heavy atom. The van der Waals surface area contributed by atoms with Gasteiger partial charge in [-0.25, -0.2) is 0 Å². The molecule has 3 rings (SSSR count). The molecular formula is C26H30ClNO5. The summed E-state index contributed by atoms with van der Waals surface area (Å²) in [6.45, 7) is 5.11. The van der Waals surface area contributed by atoms with Gasteiger partial charge in [-0.3, -0.25) is 9.59 Å². The number of ether oxygens (including phenoxy) is 2. The van der Waals surface area contributed by atoms with Crippen LogP contribution in [0.4, 0.5) is 0 Å². The van der Waals surface area contributed by atoms with Crippen molar-refractivity contribution in [2.24, 2.45) is 0 Å². The molecule has 1 aliphatic heterocycles. The van der Waals surface area contributed by atoms with E-state index in [4.69, 9.17) is 21.1 Å². The summed E-state index contributed by atoms with van der Waals surface area (Å²) in [6.07, 6.45) is 3.90. The number of nitrogens with zero attached hydrogens (tertiary/aromatic N) is 1. The number of unbranched alkanes of at least 4 members (excludes halogenated alkanes) is 2. The molecule has 1 saturated heterocycles. The zero-order valence-electron chi connectivity index (χ0n) is 19.3. The number of benzene rings is 2. The molecule has 0 saturated carbocycles. The molecule has 1 N–H and O–H groups in total. The standard InChI is InChI=1S/C26H30ClNO5/c1-4-6-7-15-33-19-11-8-17(9-12-19)23-22(25(30)26(31)28(23)14-5-2)24(29)18-10-13-20(27)21(16-18)32-3/h8-13,16,23,29H,4-7,14-15H2,1-3H3/b24-22-. The number of hydrogen-bond acceptors (Lipinski definition) is 5. The molecule has 1 aliphatic rings. The summed E-state index contributed by atoms with van der Waals surface area (Å²) >= 11 is 6.11. The van der Waals surface area contributed by atoms with Gasteiger partial charge in [-0.05, 0) is 48.7 Å². The van der Waals surface area contributed by atoms with Gasteiger partial charge in [0.05, 0.1) is 30.4 Å². The molecule has 0 radical (unpaired) electrons. The van der Waals surface area contributed by atoms with Crippen molar-refractivity contribution in [1.29, 1.82) is 0 Å². The monoisotopic (exact) mass is 471 g/mol. The third-order valence-corrected chi connectivity index (χ3v) is 5.95. The molecule has 2 aromatic rings. The Labute approximate surface area is 199 Å². The quantitative estimate of drug-likeness (QED) is 0.206. The van der Waals surface area contributed by atoms with E-state index in [9.17, 15) is 14.7 Å². The zero-order chi connectivity index (χ0) is 24.0. The van der Waals surface area contributed by atoms with Crippen LogP contribution in [0.2, 0.25) is 5.02 Å². The van der Waals surface area contributed by atoms with Crippen LogP contribution in [0.3, 0.4) is 0 Å². The summed E-state index contributed by atoms with van der Waals surface area (Å²) in [5.74, 6) is -0.495. The Bertz CT molecular complexity index is 1030. The van der Waals surface area contributed by atoms with Gasteiger partial charge in [-0.1, -0.05) is 50.4 Å². The van der Waals surface area contributed by atoms with Crippen molar-refractivity contribution in [2.45, 2.75) is 45.6 Å².